The highest BCUT2D eigenvalue weighted by Gasteiger charge is 2.25. The third-order valence-electron chi connectivity index (χ3n) is 3.44. The van der Waals surface area contributed by atoms with Crippen LogP contribution in [-0.4, -0.2) is 54.1 Å². The molecule has 1 aliphatic rings. The number of methoxy groups -OCH3 is 1. The van der Waals surface area contributed by atoms with Gasteiger partial charge in [-0.15, -0.1) is 0 Å². The van der Waals surface area contributed by atoms with Crippen LogP contribution in [0.2, 0.25) is 0 Å². The maximum Gasteiger partial charge on any atom is 0.274 e. The van der Waals surface area contributed by atoms with Crippen molar-refractivity contribution >= 4 is 11.7 Å². The van der Waals surface area contributed by atoms with Gasteiger partial charge in [-0.3, -0.25) is 4.79 Å². The third-order valence-corrected chi connectivity index (χ3v) is 3.44. The minimum Gasteiger partial charge on any atom is -0.384 e. The summed E-state index contributed by atoms with van der Waals surface area (Å²) in [6.45, 7) is 5.00. The normalized spacial score (nSPS) is 18.9. The molecule has 0 aliphatic carbocycles. The van der Waals surface area contributed by atoms with Crippen molar-refractivity contribution < 1.29 is 9.53 Å². The quantitative estimate of drug-likeness (QED) is 0.882. The van der Waals surface area contributed by atoms with E-state index in [-0.39, 0.29) is 5.91 Å². The highest BCUT2D eigenvalue weighted by molar-refractivity contribution is 5.92. The van der Waals surface area contributed by atoms with Gasteiger partial charge >= 0.3 is 0 Å². The smallest absolute Gasteiger partial charge is 0.274 e. The van der Waals surface area contributed by atoms with Gasteiger partial charge in [-0.25, -0.2) is 9.97 Å². The van der Waals surface area contributed by atoms with Gasteiger partial charge in [0.2, 0.25) is 0 Å². The molecule has 0 radical (unpaired) electrons. The van der Waals surface area contributed by atoms with Gasteiger partial charge in [0.05, 0.1) is 19.0 Å². The van der Waals surface area contributed by atoms with Crippen LogP contribution in [0, 0.1) is 5.92 Å². The van der Waals surface area contributed by atoms with Crippen LogP contribution in [0.5, 0.6) is 0 Å². The second-order valence-electron chi connectivity index (χ2n) is 5.03. The van der Waals surface area contributed by atoms with Gasteiger partial charge in [-0.05, 0) is 25.7 Å². The maximum atomic E-state index is 12.4. The van der Waals surface area contributed by atoms with Crippen LogP contribution in [0.15, 0.2) is 12.4 Å². The van der Waals surface area contributed by atoms with Crippen molar-refractivity contribution in [2.45, 2.75) is 19.8 Å². The molecule has 1 saturated heterocycles. The predicted octanol–water partition coefficient (Wildman–Crippen LogP) is 1.41. The molecule has 2 heterocycles. The Hall–Kier alpha value is -1.69. The van der Waals surface area contributed by atoms with Crippen molar-refractivity contribution in [3.63, 3.8) is 0 Å². The van der Waals surface area contributed by atoms with E-state index in [1.807, 2.05) is 11.8 Å². The summed E-state index contributed by atoms with van der Waals surface area (Å²) < 4.78 is 5.18. The first-order valence-electron chi connectivity index (χ1n) is 7.08. The first kappa shape index (κ1) is 14.7. The van der Waals surface area contributed by atoms with Crippen molar-refractivity contribution in [3.8, 4) is 0 Å². The van der Waals surface area contributed by atoms with E-state index in [0.717, 1.165) is 32.5 Å². The second kappa shape index (κ2) is 7.19. The Kier molecular flexibility index (Phi) is 5.29. The van der Waals surface area contributed by atoms with Crippen LogP contribution in [-0.2, 0) is 4.74 Å². The number of likely N-dealkylation sites (tertiary alicyclic amines) is 1. The molecule has 6 heteroatoms. The van der Waals surface area contributed by atoms with Gasteiger partial charge in [0, 0.05) is 26.7 Å². The lowest BCUT2D eigenvalue weighted by Crippen LogP contribution is -2.41. The minimum absolute atomic E-state index is 0.0404. The Morgan fingerprint density at radius 1 is 1.50 bits per heavy atom. The summed E-state index contributed by atoms with van der Waals surface area (Å²) >= 11 is 0. The van der Waals surface area contributed by atoms with Crippen LogP contribution in [0.3, 0.4) is 0 Å². The van der Waals surface area contributed by atoms with Crippen molar-refractivity contribution in [2.75, 3.05) is 38.7 Å². The fourth-order valence-electron chi connectivity index (χ4n) is 2.49. The first-order valence-corrected chi connectivity index (χ1v) is 7.08. The van der Waals surface area contributed by atoms with Crippen LogP contribution in [0.25, 0.3) is 0 Å². The van der Waals surface area contributed by atoms with Crippen LogP contribution in [0.4, 0.5) is 5.82 Å². The van der Waals surface area contributed by atoms with Gasteiger partial charge in [-0.1, -0.05) is 0 Å². The molecular weight excluding hydrogens is 256 g/mol. The SMILES string of the molecule is CCNc1cnc(C(=O)N2CCCC(COC)C2)cn1. The first-order chi connectivity index (χ1) is 9.74. The number of carbonyl (C=O) groups excluding carboxylic acids is 1. The van der Waals surface area contributed by atoms with Crippen LogP contribution in [0.1, 0.15) is 30.3 Å². The zero-order chi connectivity index (χ0) is 14.4. The van der Waals surface area contributed by atoms with Crippen molar-refractivity contribution in [1.29, 1.82) is 0 Å². The van der Waals surface area contributed by atoms with Crippen molar-refractivity contribution in [2.24, 2.45) is 5.92 Å². The average Bonchev–Trinajstić information content (AvgIpc) is 2.48. The molecule has 1 aromatic rings. The summed E-state index contributed by atoms with van der Waals surface area (Å²) in [5.41, 5.74) is 0.407. The summed E-state index contributed by atoms with van der Waals surface area (Å²) in [7, 11) is 1.70. The summed E-state index contributed by atoms with van der Waals surface area (Å²) in [4.78, 5) is 22.6. The molecule has 1 unspecified atom stereocenters. The number of nitrogens with zero attached hydrogens (tertiary/aromatic N) is 3. The van der Waals surface area contributed by atoms with E-state index in [9.17, 15) is 4.79 Å². The Morgan fingerprint density at radius 3 is 3.00 bits per heavy atom. The molecule has 20 heavy (non-hydrogen) atoms. The Bertz CT molecular complexity index is 433. The molecule has 110 valence electrons. The minimum atomic E-state index is -0.0404. The topological polar surface area (TPSA) is 67.4 Å². The number of carbonyl (C=O) groups is 1. The molecule has 1 N–H and O–H groups in total. The lowest BCUT2D eigenvalue weighted by Gasteiger charge is -2.32. The lowest BCUT2D eigenvalue weighted by atomic mass is 9.99. The number of aromatic nitrogens is 2. The highest BCUT2D eigenvalue weighted by Crippen LogP contribution is 2.18. The number of hydrogen-bond donors (Lipinski definition) is 1. The molecule has 2 rings (SSSR count). The number of nitrogens with one attached hydrogen (secondary N) is 1. The van der Waals surface area contributed by atoms with Crippen molar-refractivity contribution in [1.82, 2.24) is 14.9 Å². The van der Waals surface area contributed by atoms with Gasteiger partial charge in [0.25, 0.3) is 5.91 Å². The largest absolute Gasteiger partial charge is 0.384 e. The fourth-order valence-corrected chi connectivity index (χ4v) is 2.49. The standard InChI is InChI=1S/C14H22N4O2/c1-3-15-13-8-16-12(7-17-13)14(19)18-6-4-5-11(9-18)10-20-2/h7-8,11H,3-6,9-10H2,1-2H3,(H,15,17). The van der Waals surface area contributed by atoms with E-state index >= 15 is 0 Å². The Labute approximate surface area is 119 Å². The lowest BCUT2D eigenvalue weighted by molar-refractivity contribution is 0.0565. The molecule has 1 atom stereocenters. The molecule has 1 amide bonds. The molecule has 1 aromatic heterocycles. The zero-order valence-electron chi connectivity index (χ0n) is 12.1. The number of amides is 1. The van der Waals surface area contributed by atoms with Gasteiger partial charge in [-0.2, -0.15) is 0 Å². The van der Waals surface area contributed by atoms with Gasteiger partial charge < -0.3 is 15.0 Å². The summed E-state index contributed by atoms with van der Waals surface area (Å²) in [5, 5.41) is 3.06. The third kappa shape index (κ3) is 3.66. The van der Waals surface area contributed by atoms with E-state index in [2.05, 4.69) is 15.3 Å². The Balaban J connectivity index is 1.99. The van der Waals surface area contributed by atoms with Gasteiger partial charge in [0.15, 0.2) is 0 Å². The molecule has 1 aliphatic heterocycles. The molecule has 0 bridgehead atoms. The summed E-state index contributed by atoms with van der Waals surface area (Å²) in [6, 6.07) is 0. The number of hydrogen-bond acceptors (Lipinski definition) is 5. The molecular formula is C14H22N4O2. The number of rotatable bonds is 5. The zero-order valence-corrected chi connectivity index (χ0v) is 12.1. The van der Waals surface area contributed by atoms with Crippen LogP contribution < -0.4 is 5.32 Å². The van der Waals surface area contributed by atoms with E-state index in [1.165, 1.54) is 0 Å². The number of piperidine rings is 1. The van der Waals surface area contributed by atoms with E-state index < -0.39 is 0 Å². The molecule has 0 saturated carbocycles. The molecule has 1 fully saturated rings. The summed E-state index contributed by atoms with van der Waals surface area (Å²) in [6.07, 6.45) is 5.28. The predicted molar refractivity (Wildman–Crippen MR) is 76.7 cm³/mol. The number of anilines is 1. The molecule has 0 spiro atoms. The molecule has 0 aromatic carbocycles. The van der Waals surface area contributed by atoms with E-state index in [4.69, 9.17) is 4.74 Å². The fraction of sp³-hybridized carbons (Fsp3) is 0.643. The monoisotopic (exact) mass is 278 g/mol. The van der Waals surface area contributed by atoms with E-state index in [0.29, 0.717) is 24.0 Å². The summed E-state index contributed by atoms with van der Waals surface area (Å²) in [5.74, 6) is 1.08. The van der Waals surface area contributed by atoms with Crippen LogP contribution >= 0.6 is 0 Å². The average molecular weight is 278 g/mol. The maximum absolute atomic E-state index is 12.4. The highest BCUT2D eigenvalue weighted by atomic mass is 16.5. The van der Waals surface area contributed by atoms with Gasteiger partial charge in [0.1, 0.15) is 11.5 Å². The molecule has 6 nitrogen and oxygen atoms in total. The number of ether oxygens (including phenoxy) is 1. The van der Waals surface area contributed by atoms with Crippen molar-refractivity contribution in [3.05, 3.63) is 18.1 Å². The second-order valence-corrected chi connectivity index (χ2v) is 5.03. The van der Waals surface area contributed by atoms with E-state index in [1.54, 1.807) is 19.5 Å². The Morgan fingerprint density at radius 2 is 2.35 bits per heavy atom.